The number of rotatable bonds is 7. The summed E-state index contributed by atoms with van der Waals surface area (Å²) in [7, 11) is 0. The standard InChI is InChI=1S/C21H23N5O2S2/c22-18(28)17-14-7-4-8-15(14)30-20(17)23-16(27)11-29-21-24-19(12-9-10-12)26(25-21)13-5-2-1-3-6-13/h1-3,5-6,12,18,28H,4,7-11,22H2,(H,23,27). The van der Waals surface area contributed by atoms with Crippen LogP contribution in [0.4, 0.5) is 5.00 Å². The second-order valence-corrected chi connectivity index (χ2v) is 9.70. The first-order chi connectivity index (χ1) is 14.6. The Labute approximate surface area is 182 Å². The van der Waals surface area contributed by atoms with Crippen LogP contribution in [-0.2, 0) is 17.6 Å². The lowest BCUT2D eigenvalue weighted by atomic mass is 10.1. The second kappa shape index (κ2) is 8.14. The molecule has 0 radical (unpaired) electrons. The second-order valence-electron chi connectivity index (χ2n) is 7.66. The largest absolute Gasteiger partial charge is 0.374 e. The fraction of sp³-hybridized carbons (Fsp3) is 0.381. The molecule has 0 bridgehead atoms. The van der Waals surface area contributed by atoms with E-state index in [0.717, 1.165) is 49.2 Å². The number of thioether (sulfide) groups is 1. The normalized spacial score (nSPS) is 16.5. The van der Waals surface area contributed by atoms with Gasteiger partial charge in [-0.25, -0.2) is 9.67 Å². The van der Waals surface area contributed by atoms with Gasteiger partial charge in [0.2, 0.25) is 11.1 Å². The molecule has 1 amide bonds. The number of benzene rings is 1. The molecule has 5 rings (SSSR count). The third kappa shape index (κ3) is 3.90. The summed E-state index contributed by atoms with van der Waals surface area (Å²) in [4.78, 5) is 18.5. The number of amides is 1. The summed E-state index contributed by atoms with van der Waals surface area (Å²) >= 11 is 2.85. The number of anilines is 1. The molecule has 0 saturated heterocycles. The molecular formula is C21H23N5O2S2. The number of nitrogens with zero attached hydrogens (tertiary/aromatic N) is 3. The first-order valence-electron chi connectivity index (χ1n) is 10.1. The van der Waals surface area contributed by atoms with Crippen molar-refractivity contribution in [1.82, 2.24) is 14.8 Å². The zero-order chi connectivity index (χ0) is 20.7. The van der Waals surface area contributed by atoms with Gasteiger partial charge in [0.25, 0.3) is 0 Å². The molecule has 2 aliphatic carbocycles. The minimum absolute atomic E-state index is 0.147. The zero-order valence-electron chi connectivity index (χ0n) is 16.4. The summed E-state index contributed by atoms with van der Waals surface area (Å²) < 4.78 is 1.89. The first kappa shape index (κ1) is 19.7. The number of aliphatic hydroxyl groups excluding tert-OH is 1. The molecule has 2 heterocycles. The van der Waals surface area contributed by atoms with Crippen molar-refractivity contribution in [3.63, 3.8) is 0 Å². The molecule has 1 fully saturated rings. The van der Waals surface area contributed by atoms with Crippen molar-refractivity contribution in [1.29, 1.82) is 0 Å². The highest BCUT2D eigenvalue weighted by atomic mass is 32.2. The van der Waals surface area contributed by atoms with Gasteiger partial charge in [-0.2, -0.15) is 0 Å². The number of thiophene rings is 1. The quantitative estimate of drug-likeness (QED) is 0.383. The maximum Gasteiger partial charge on any atom is 0.235 e. The van der Waals surface area contributed by atoms with Crippen LogP contribution in [0.25, 0.3) is 5.69 Å². The maximum absolute atomic E-state index is 12.6. The highest BCUT2D eigenvalue weighted by Gasteiger charge is 2.31. The molecule has 9 heteroatoms. The van der Waals surface area contributed by atoms with E-state index < -0.39 is 6.23 Å². The third-order valence-electron chi connectivity index (χ3n) is 5.40. The van der Waals surface area contributed by atoms with Crippen molar-refractivity contribution in [3.05, 3.63) is 52.2 Å². The van der Waals surface area contributed by atoms with Gasteiger partial charge in [0.05, 0.1) is 11.4 Å². The van der Waals surface area contributed by atoms with Crippen molar-refractivity contribution in [2.24, 2.45) is 5.73 Å². The molecule has 1 saturated carbocycles. The summed E-state index contributed by atoms with van der Waals surface area (Å²) in [6.45, 7) is 0. The lowest BCUT2D eigenvalue weighted by molar-refractivity contribution is -0.113. The number of hydrogen-bond donors (Lipinski definition) is 3. The Morgan fingerprint density at radius 1 is 1.33 bits per heavy atom. The Morgan fingerprint density at radius 2 is 2.13 bits per heavy atom. The number of aryl methyl sites for hydroxylation is 1. The lowest BCUT2D eigenvalue weighted by Gasteiger charge is -2.10. The number of aliphatic hydroxyl groups is 1. The molecule has 1 unspecified atom stereocenters. The summed E-state index contributed by atoms with van der Waals surface area (Å²) in [6.07, 6.45) is 4.15. The number of carbonyl (C=O) groups is 1. The van der Waals surface area contributed by atoms with Crippen molar-refractivity contribution >= 4 is 34.0 Å². The molecule has 2 aliphatic rings. The summed E-state index contributed by atoms with van der Waals surface area (Å²) in [6, 6.07) is 9.96. The van der Waals surface area contributed by atoms with Crippen LogP contribution in [0.3, 0.4) is 0 Å². The number of carbonyl (C=O) groups excluding carboxylic acids is 1. The molecule has 3 aromatic rings. The SMILES string of the molecule is NC(O)c1c(NC(=O)CSc2nc(C3CC3)n(-c3ccccc3)n2)sc2c1CCC2. The highest BCUT2D eigenvalue weighted by Crippen LogP contribution is 2.42. The maximum atomic E-state index is 12.6. The van der Waals surface area contributed by atoms with Crippen molar-refractivity contribution in [2.45, 2.75) is 49.4 Å². The van der Waals surface area contributed by atoms with Gasteiger partial charge in [-0.3, -0.25) is 4.79 Å². The van der Waals surface area contributed by atoms with Crippen LogP contribution in [-0.4, -0.2) is 31.5 Å². The van der Waals surface area contributed by atoms with Gasteiger partial charge in [0.1, 0.15) is 17.1 Å². The van der Waals surface area contributed by atoms with Crippen LogP contribution in [0.5, 0.6) is 0 Å². The minimum Gasteiger partial charge on any atom is -0.374 e. The van der Waals surface area contributed by atoms with E-state index >= 15 is 0 Å². The number of hydrogen-bond acceptors (Lipinski definition) is 7. The van der Waals surface area contributed by atoms with Gasteiger partial charge in [-0.1, -0.05) is 30.0 Å². The molecule has 4 N–H and O–H groups in total. The number of fused-ring (bicyclic) bond motifs is 1. The van der Waals surface area contributed by atoms with E-state index in [-0.39, 0.29) is 11.7 Å². The number of nitrogens with one attached hydrogen (secondary N) is 1. The van der Waals surface area contributed by atoms with Crippen LogP contribution in [0.15, 0.2) is 35.5 Å². The monoisotopic (exact) mass is 441 g/mol. The van der Waals surface area contributed by atoms with Crippen molar-refractivity contribution < 1.29 is 9.90 Å². The molecule has 0 aliphatic heterocycles. The average Bonchev–Trinajstić information content (AvgIpc) is 3.17. The lowest BCUT2D eigenvalue weighted by Crippen LogP contribution is -2.17. The molecule has 30 heavy (non-hydrogen) atoms. The van der Waals surface area contributed by atoms with E-state index in [2.05, 4.69) is 10.4 Å². The smallest absolute Gasteiger partial charge is 0.235 e. The minimum atomic E-state index is -1.07. The number of nitrogens with two attached hydrogens (primary N) is 1. The number of aromatic nitrogens is 3. The van der Waals surface area contributed by atoms with Gasteiger partial charge < -0.3 is 16.2 Å². The van der Waals surface area contributed by atoms with Gasteiger partial charge >= 0.3 is 0 Å². The Kier molecular flexibility index (Phi) is 5.36. The Balaban J connectivity index is 1.29. The van der Waals surface area contributed by atoms with E-state index in [1.165, 1.54) is 28.0 Å². The predicted molar refractivity (Wildman–Crippen MR) is 118 cm³/mol. The molecule has 0 spiro atoms. The summed E-state index contributed by atoms with van der Waals surface area (Å²) in [5.74, 6) is 1.46. The molecule has 7 nitrogen and oxygen atoms in total. The van der Waals surface area contributed by atoms with Crippen molar-refractivity contribution in [2.75, 3.05) is 11.1 Å². The van der Waals surface area contributed by atoms with Crippen molar-refractivity contribution in [3.8, 4) is 5.69 Å². The van der Waals surface area contributed by atoms with E-state index in [1.807, 2.05) is 35.0 Å². The predicted octanol–water partition coefficient (Wildman–Crippen LogP) is 3.38. The Hall–Kier alpha value is -2.20. The van der Waals surface area contributed by atoms with Gasteiger partial charge in [0, 0.05) is 16.4 Å². The molecule has 2 aromatic heterocycles. The fourth-order valence-electron chi connectivity index (χ4n) is 3.86. The highest BCUT2D eigenvalue weighted by molar-refractivity contribution is 7.99. The fourth-order valence-corrected chi connectivity index (χ4v) is 5.83. The van der Waals surface area contributed by atoms with E-state index in [9.17, 15) is 9.90 Å². The van der Waals surface area contributed by atoms with Crippen LogP contribution in [0.2, 0.25) is 0 Å². The van der Waals surface area contributed by atoms with Gasteiger partial charge in [-0.05, 0) is 49.8 Å². The van der Waals surface area contributed by atoms with Crippen LogP contribution >= 0.6 is 23.1 Å². The summed E-state index contributed by atoms with van der Waals surface area (Å²) in [5, 5.41) is 18.8. The van der Waals surface area contributed by atoms with E-state index in [4.69, 9.17) is 10.7 Å². The molecule has 1 aromatic carbocycles. The molecule has 1 atom stereocenters. The van der Waals surface area contributed by atoms with Crippen LogP contribution in [0.1, 0.15) is 53.2 Å². The first-order valence-corrected chi connectivity index (χ1v) is 11.9. The van der Waals surface area contributed by atoms with E-state index in [1.54, 1.807) is 0 Å². The van der Waals surface area contributed by atoms with Gasteiger partial charge in [-0.15, -0.1) is 16.4 Å². The third-order valence-corrected chi connectivity index (χ3v) is 7.46. The molecular weight excluding hydrogens is 418 g/mol. The topological polar surface area (TPSA) is 106 Å². The Bertz CT molecular complexity index is 1070. The molecule has 156 valence electrons. The Morgan fingerprint density at radius 3 is 2.87 bits per heavy atom. The summed E-state index contributed by atoms with van der Waals surface area (Å²) in [5.41, 5.74) is 8.53. The van der Waals surface area contributed by atoms with E-state index in [0.29, 0.717) is 21.6 Å². The number of para-hydroxylation sites is 1. The van der Waals surface area contributed by atoms with Crippen LogP contribution < -0.4 is 11.1 Å². The average molecular weight is 442 g/mol. The zero-order valence-corrected chi connectivity index (χ0v) is 18.0. The van der Waals surface area contributed by atoms with Crippen LogP contribution in [0, 0.1) is 0 Å². The van der Waals surface area contributed by atoms with Gasteiger partial charge in [0.15, 0.2) is 0 Å².